The highest BCUT2D eigenvalue weighted by molar-refractivity contribution is 7.91. The molecule has 0 aliphatic heterocycles. The van der Waals surface area contributed by atoms with Gasteiger partial charge in [0, 0.05) is 19.2 Å². The number of methoxy groups -OCH3 is 2. The molecule has 0 saturated carbocycles. The zero-order valence-electron chi connectivity index (χ0n) is 14.2. The van der Waals surface area contributed by atoms with Gasteiger partial charge in [-0.15, -0.1) is 11.3 Å². The lowest BCUT2D eigenvalue weighted by molar-refractivity contribution is -0.121. The molecule has 7 nitrogen and oxygen atoms in total. The number of ether oxygens (including phenoxy) is 2. The van der Waals surface area contributed by atoms with E-state index in [-0.39, 0.29) is 17.3 Å². The molecule has 0 bridgehead atoms. The summed E-state index contributed by atoms with van der Waals surface area (Å²) in [6.45, 7) is -0.0708. The normalized spacial score (nSPS) is 11.4. The molecule has 0 saturated heterocycles. The van der Waals surface area contributed by atoms with Gasteiger partial charge in [0.2, 0.25) is 5.91 Å². The lowest BCUT2D eigenvalue weighted by Crippen LogP contribution is -2.37. The third-order valence-electron chi connectivity index (χ3n) is 3.49. The van der Waals surface area contributed by atoms with Gasteiger partial charge in [0.15, 0.2) is 11.5 Å². The predicted molar refractivity (Wildman–Crippen MR) is 95.5 cm³/mol. The van der Waals surface area contributed by atoms with Crippen LogP contribution in [0.5, 0.6) is 11.5 Å². The summed E-state index contributed by atoms with van der Waals surface area (Å²) in [5.74, 6) is 0.684. The van der Waals surface area contributed by atoms with Gasteiger partial charge in [-0.1, -0.05) is 18.2 Å². The summed E-state index contributed by atoms with van der Waals surface area (Å²) in [4.78, 5) is 12.1. The van der Waals surface area contributed by atoms with Crippen molar-refractivity contribution >= 4 is 27.3 Å². The topological polar surface area (TPSA) is 84.9 Å². The van der Waals surface area contributed by atoms with E-state index >= 15 is 0 Å². The molecular formula is C16H20N2O5S2. The Morgan fingerprint density at radius 3 is 2.56 bits per heavy atom. The van der Waals surface area contributed by atoms with E-state index in [2.05, 4.69) is 5.32 Å². The molecule has 0 unspecified atom stereocenters. The zero-order chi connectivity index (χ0) is 18.4. The van der Waals surface area contributed by atoms with Crippen LogP contribution in [0, 0.1) is 0 Å². The average molecular weight is 384 g/mol. The molecule has 1 amide bonds. The fourth-order valence-corrected chi connectivity index (χ4v) is 4.52. The number of rotatable bonds is 8. The van der Waals surface area contributed by atoms with Gasteiger partial charge < -0.3 is 14.8 Å². The first-order valence-electron chi connectivity index (χ1n) is 7.36. The van der Waals surface area contributed by atoms with E-state index in [1.807, 2.05) is 0 Å². The van der Waals surface area contributed by atoms with Crippen molar-refractivity contribution in [2.24, 2.45) is 0 Å². The van der Waals surface area contributed by atoms with Gasteiger partial charge in [-0.3, -0.25) is 4.79 Å². The van der Waals surface area contributed by atoms with Crippen molar-refractivity contribution in [3.05, 3.63) is 41.3 Å². The number of hydrogen-bond donors (Lipinski definition) is 1. The number of sulfonamides is 1. The van der Waals surface area contributed by atoms with Crippen LogP contribution >= 0.6 is 11.3 Å². The van der Waals surface area contributed by atoms with Crippen molar-refractivity contribution in [2.45, 2.75) is 10.8 Å². The summed E-state index contributed by atoms with van der Waals surface area (Å²) in [6.07, 6.45) is 0. The highest BCUT2D eigenvalue weighted by Gasteiger charge is 2.23. The Morgan fingerprint density at radius 2 is 1.96 bits per heavy atom. The van der Waals surface area contributed by atoms with Gasteiger partial charge in [-0.2, -0.15) is 4.31 Å². The lowest BCUT2D eigenvalue weighted by Gasteiger charge is -2.16. The van der Waals surface area contributed by atoms with Gasteiger partial charge in [0.05, 0.1) is 20.8 Å². The minimum absolute atomic E-state index is 0.200. The first-order chi connectivity index (χ1) is 11.9. The van der Waals surface area contributed by atoms with Crippen LogP contribution in [0.3, 0.4) is 0 Å². The minimum atomic E-state index is -3.65. The molecule has 1 heterocycles. The molecule has 136 valence electrons. The van der Waals surface area contributed by atoms with Gasteiger partial charge >= 0.3 is 0 Å². The van der Waals surface area contributed by atoms with E-state index in [1.165, 1.54) is 27.3 Å². The maximum Gasteiger partial charge on any atom is 0.252 e. The van der Waals surface area contributed by atoms with Gasteiger partial charge in [-0.05, 0) is 17.5 Å². The van der Waals surface area contributed by atoms with Crippen LogP contribution in [0.25, 0.3) is 0 Å². The summed E-state index contributed by atoms with van der Waals surface area (Å²) in [5.41, 5.74) is 0.735. The van der Waals surface area contributed by atoms with E-state index in [4.69, 9.17) is 9.47 Å². The number of hydrogen-bond acceptors (Lipinski definition) is 6. The Kier molecular flexibility index (Phi) is 6.40. The summed E-state index contributed by atoms with van der Waals surface area (Å²) < 4.78 is 36.4. The second-order valence-electron chi connectivity index (χ2n) is 5.12. The summed E-state index contributed by atoms with van der Waals surface area (Å²) in [5, 5.41) is 4.37. The van der Waals surface area contributed by atoms with E-state index in [0.717, 1.165) is 21.2 Å². The average Bonchev–Trinajstić information content (AvgIpc) is 3.14. The second kappa shape index (κ2) is 8.32. The number of thiophene rings is 1. The number of carbonyl (C=O) groups excluding carboxylic acids is 1. The summed E-state index contributed by atoms with van der Waals surface area (Å²) in [7, 11) is 0.776. The third kappa shape index (κ3) is 4.50. The third-order valence-corrected chi connectivity index (χ3v) is 6.66. The lowest BCUT2D eigenvalue weighted by atomic mass is 10.2. The molecule has 0 spiro atoms. The Balaban J connectivity index is 2.00. The largest absolute Gasteiger partial charge is 0.493 e. The molecule has 9 heteroatoms. The summed E-state index contributed by atoms with van der Waals surface area (Å²) in [6, 6.07) is 8.51. The molecule has 0 aliphatic carbocycles. The molecule has 0 fully saturated rings. The van der Waals surface area contributed by atoms with Crippen LogP contribution in [0.4, 0.5) is 0 Å². The highest BCUT2D eigenvalue weighted by atomic mass is 32.2. The van der Waals surface area contributed by atoms with Crippen molar-refractivity contribution in [3.8, 4) is 11.5 Å². The first kappa shape index (κ1) is 19.2. The van der Waals surface area contributed by atoms with Crippen molar-refractivity contribution in [3.63, 3.8) is 0 Å². The van der Waals surface area contributed by atoms with Crippen LogP contribution in [0.1, 0.15) is 5.56 Å². The number of para-hydroxylation sites is 1. The molecule has 2 aromatic rings. The SMILES string of the molecule is COc1cccc(CNC(=O)CN(C)S(=O)(=O)c2cccs2)c1OC. The molecule has 25 heavy (non-hydrogen) atoms. The Bertz CT molecular complexity index is 819. The molecule has 1 aromatic carbocycles. The maximum absolute atomic E-state index is 12.3. The Hall–Kier alpha value is -2.10. The van der Waals surface area contributed by atoms with Crippen molar-refractivity contribution in [2.75, 3.05) is 27.8 Å². The molecule has 1 aromatic heterocycles. The standard InChI is InChI=1S/C16H20N2O5S2/c1-18(25(20,21)15-8-5-9-24-15)11-14(19)17-10-12-6-4-7-13(22-2)16(12)23-3/h4-9H,10-11H2,1-3H3,(H,17,19). The van der Waals surface area contributed by atoms with E-state index in [0.29, 0.717) is 11.5 Å². The quantitative estimate of drug-likeness (QED) is 0.749. The van der Waals surface area contributed by atoms with E-state index in [9.17, 15) is 13.2 Å². The molecule has 0 radical (unpaired) electrons. The summed E-state index contributed by atoms with van der Waals surface area (Å²) >= 11 is 1.11. The van der Waals surface area contributed by atoms with Crippen LogP contribution in [-0.4, -0.2) is 46.4 Å². The Labute approximate surface area is 151 Å². The van der Waals surface area contributed by atoms with Crippen molar-refractivity contribution < 1.29 is 22.7 Å². The van der Waals surface area contributed by atoms with E-state index < -0.39 is 15.9 Å². The monoisotopic (exact) mass is 384 g/mol. The zero-order valence-corrected chi connectivity index (χ0v) is 15.8. The molecule has 1 N–H and O–H groups in total. The van der Waals surface area contributed by atoms with Gasteiger partial charge in [0.1, 0.15) is 4.21 Å². The maximum atomic E-state index is 12.3. The number of nitrogens with zero attached hydrogens (tertiary/aromatic N) is 1. The number of likely N-dealkylation sites (N-methyl/N-ethyl adjacent to an activating group) is 1. The molecule has 0 aliphatic rings. The second-order valence-corrected chi connectivity index (χ2v) is 8.34. The molecule has 2 rings (SSSR count). The molecule has 0 atom stereocenters. The van der Waals surface area contributed by atoms with Crippen molar-refractivity contribution in [1.29, 1.82) is 0 Å². The van der Waals surface area contributed by atoms with Crippen LogP contribution in [0.15, 0.2) is 39.9 Å². The first-order valence-corrected chi connectivity index (χ1v) is 9.68. The van der Waals surface area contributed by atoms with Crippen molar-refractivity contribution in [1.82, 2.24) is 9.62 Å². The van der Waals surface area contributed by atoms with E-state index in [1.54, 1.807) is 29.6 Å². The smallest absolute Gasteiger partial charge is 0.252 e. The fourth-order valence-electron chi connectivity index (χ4n) is 2.19. The van der Waals surface area contributed by atoms with Crippen LogP contribution in [-0.2, 0) is 21.4 Å². The van der Waals surface area contributed by atoms with Crippen LogP contribution in [0.2, 0.25) is 0 Å². The van der Waals surface area contributed by atoms with Gasteiger partial charge in [0.25, 0.3) is 10.0 Å². The highest BCUT2D eigenvalue weighted by Crippen LogP contribution is 2.30. The number of benzene rings is 1. The van der Waals surface area contributed by atoms with Crippen LogP contribution < -0.4 is 14.8 Å². The Morgan fingerprint density at radius 1 is 1.20 bits per heavy atom. The fraction of sp³-hybridized carbons (Fsp3) is 0.312. The minimum Gasteiger partial charge on any atom is -0.493 e. The number of carbonyl (C=O) groups is 1. The molecular weight excluding hydrogens is 364 g/mol. The van der Waals surface area contributed by atoms with Gasteiger partial charge in [-0.25, -0.2) is 8.42 Å². The number of amides is 1. The predicted octanol–water partition coefficient (Wildman–Crippen LogP) is 1.70. The number of nitrogens with one attached hydrogen (secondary N) is 1.